The summed E-state index contributed by atoms with van der Waals surface area (Å²) in [6.07, 6.45) is 1.99. The fourth-order valence-corrected chi connectivity index (χ4v) is 3.65. The minimum atomic E-state index is -0.311. The van der Waals surface area contributed by atoms with Gasteiger partial charge in [-0.15, -0.1) is 0 Å². The minimum Gasteiger partial charge on any atom is -0.335 e. The minimum absolute atomic E-state index is 0.0970. The molecule has 0 bridgehead atoms. The summed E-state index contributed by atoms with van der Waals surface area (Å²) in [7, 11) is 0. The molecule has 2 aromatic carbocycles. The van der Waals surface area contributed by atoms with E-state index in [4.69, 9.17) is 12.2 Å². The Labute approximate surface area is 166 Å². The number of aromatic nitrogens is 2. The topological polar surface area (TPSA) is 58.1 Å². The van der Waals surface area contributed by atoms with Crippen LogP contribution in [-0.4, -0.2) is 26.4 Å². The Morgan fingerprint density at radius 3 is 2.64 bits per heavy atom. The summed E-state index contributed by atoms with van der Waals surface area (Å²) < 4.78 is 15.7. The van der Waals surface area contributed by atoms with Gasteiger partial charge in [-0.3, -0.25) is 14.2 Å². The van der Waals surface area contributed by atoms with Gasteiger partial charge in [-0.2, -0.15) is 0 Å². The number of para-hydroxylation sites is 1. The van der Waals surface area contributed by atoms with E-state index in [1.54, 1.807) is 41.3 Å². The van der Waals surface area contributed by atoms with Gasteiger partial charge in [0.25, 0.3) is 5.56 Å². The highest BCUT2D eigenvalue weighted by molar-refractivity contribution is 7.71. The molecule has 1 aliphatic carbocycles. The van der Waals surface area contributed by atoms with Crippen LogP contribution < -0.4 is 5.56 Å². The second-order valence-corrected chi connectivity index (χ2v) is 7.41. The first-order chi connectivity index (χ1) is 13.5. The first-order valence-electron chi connectivity index (χ1n) is 9.29. The smallest absolute Gasteiger partial charge is 0.262 e. The number of H-pyrrole nitrogens is 1. The summed E-state index contributed by atoms with van der Waals surface area (Å²) in [5, 5.41) is 0.536. The third-order valence-corrected chi connectivity index (χ3v) is 5.37. The van der Waals surface area contributed by atoms with Gasteiger partial charge in [-0.05, 0) is 43.3 Å². The van der Waals surface area contributed by atoms with Crippen molar-refractivity contribution in [3.05, 3.63) is 75.0 Å². The largest absolute Gasteiger partial charge is 0.335 e. The molecule has 1 fully saturated rings. The molecule has 5 nitrogen and oxygen atoms in total. The van der Waals surface area contributed by atoms with Crippen LogP contribution in [0.3, 0.4) is 0 Å². The van der Waals surface area contributed by atoms with Crippen molar-refractivity contribution in [2.24, 2.45) is 0 Å². The molecule has 1 aliphatic rings. The molecule has 1 heterocycles. The fourth-order valence-electron chi connectivity index (χ4n) is 3.37. The Morgan fingerprint density at radius 2 is 1.89 bits per heavy atom. The normalized spacial score (nSPS) is 13.6. The lowest BCUT2D eigenvalue weighted by Crippen LogP contribution is -2.34. The Kier molecular flexibility index (Phi) is 5.09. The SMILES string of the molecule is O=C(CCn1c(=S)[nH]c2ccccc2c1=O)N(Cc1ccccc1F)C1CC1. The first-order valence-corrected chi connectivity index (χ1v) is 9.70. The number of fused-ring (bicyclic) bond motifs is 1. The average Bonchev–Trinajstić information content (AvgIpc) is 3.52. The van der Waals surface area contributed by atoms with Crippen LogP contribution in [0, 0.1) is 10.6 Å². The van der Waals surface area contributed by atoms with Crippen LogP contribution in [0.1, 0.15) is 24.8 Å². The molecule has 3 aromatic rings. The number of amides is 1. The quantitative estimate of drug-likeness (QED) is 0.644. The van der Waals surface area contributed by atoms with Gasteiger partial charge in [0.05, 0.1) is 10.9 Å². The molecule has 0 radical (unpaired) electrons. The number of aromatic amines is 1. The van der Waals surface area contributed by atoms with Crippen molar-refractivity contribution >= 4 is 29.0 Å². The van der Waals surface area contributed by atoms with Gasteiger partial charge >= 0.3 is 0 Å². The van der Waals surface area contributed by atoms with E-state index in [9.17, 15) is 14.0 Å². The highest BCUT2D eigenvalue weighted by Gasteiger charge is 2.32. The maximum Gasteiger partial charge on any atom is 0.262 e. The Bertz CT molecular complexity index is 1150. The lowest BCUT2D eigenvalue weighted by atomic mass is 10.2. The summed E-state index contributed by atoms with van der Waals surface area (Å²) in [6, 6.07) is 13.8. The van der Waals surface area contributed by atoms with Crippen LogP contribution in [0.25, 0.3) is 10.9 Å². The molecule has 0 atom stereocenters. The molecular weight excluding hydrogens is 377 g/mol. The van der Waals surface area contributed by atoms with Crippen LogP contribution in [0.5, 0.6) is 0 Å². The van der Waals surface area contributed by atoms with Crippen molar-refractivity contribution < 1.29 is 9.18 Å². The maximum atomic E-state index is 14.0. The third-order valence-electron chi connectivity index (χ3n) is 5.05. The molecule has 0 unspecified atom stereocenters. The number of hydrogen-bond acceptors (Lipinski definition) is 3. The number of nitrogens with zero attached hydrogens (tertiary/aromatic N) is 2. The molecule has 1 saturated carbocycles. The van der Waals surface area contributed by atoms with Crippen LogP contribution in [0.4, 0.5) is 4.39 Å². The summed E-state index contributed by atoms with van der Waals surface area (Å²) >= 11 is 5.30. The summed E-state index contributed by atoms with van der Waals surface area (Å²) in [5.41, 5.74) is 0.973. The first kappa shape index (κ1) is 18.6. The molecule has 1 amide bonds. The van der Waals surface area contributed by atoms with Gasteiger partial charge in [0.2, 0.25) is 5.91 Å². The van der Waals surface area contributed by atoms with Crippen molar-refractivity contribution in [3.63, 3.8) is 0 Å². The number of halogens is 1. The van der Waals surface area contributed by atoms with Gasteiger partial charge in [-0.25, -0.2) is 4.39 Å². The van der Waals surface area contributed by atoms with E-state index in [0.717, 1.165) is 12.8 Å². The standard InChI is InChI=1S/C21H20FN3O2S/c22-17-7-3-1-5-14(17)13-25(15-9-10-15)19(26)11-12-24-20(27)16-6-2-4-8-18(16)23-21(24)28/h1-8,15H,9-13H2,(H,23,28). The van der Waals surface area contributed by atoms with Gasteiger partial charge < -0.3 is 9.88 Å². The van der Waals surface area contributed by atoms with E-state index in [2.05, 4.69) is 4.98 Å². The summed E-state index contributed by atoms with van der Waals surface area (Å²) in [5.74, 6) is -0.408. The van der Waals surface area contributed by atoms with Crippen molar-refractivity contribution in [1.82, 2.24) is 14.5 Å². The summed E-state index contributed by atoms with van der Waals surface area (Å²) in [6.45, 7) is 0.438. The predicted molar refractivity (Wildman–Crippen MR) is 108 cm³/mol. The zero-order valence-electron chi connectivity index (χ0n) is 15.2. The monoisotopic (exact) mass is 397 g/mol. The number of carbonyl (C=O) groups excluding carboxylic acids is 1. The van der Waals surface area contributed by atoms with E-state index in [1.807, 2.05) is 6.07 Å². The Morgan fingerprint density at radius 1 is 1.18 bits per heavy atom. The highest BCUT2D eigenvalue weighted by Crippen LogP contribution is 2.29. The van der Waals surface area contributed by atoms with Crippen molar-refractivity contribution in [2.75, 3.05) is 0 Å². The second kappa shape index (κ2) is 7.67. The molecule has 7 heteroatoms. The van der Waals surface area contributed by atoms with Crippen LogP contribution >= 0.6 is 12.2 Å². The number of benzene rings is 2. The summed E-state index contributed by atoms with van der Waals surface area (Å²) in [4.78, 5) is 30.3. The van der Waals surface area contributed by atoms with Gasteiger partial charge in [0.1, 0.15) is 5.82 Å². The molecule has 0 saturated heterocycles. The molecule has 0 aliphatic heterocycles. The van der Waals surface area contributed by atoms with E-state index in [-0.39, 0.29) is 42.8 Å². The van der Waals surface area contributed by atoms with Gasteiger partial charge in [0, 0.05) is 31.1 Å². The molecule has 1 N–H and O–H groups in total. The average molecular weight is 397 g/mol. The maximum absolute atomic E-state index is 14.0. The number of nitrogens with one attached hydrogen (secondary N) is 1. The molecule has 144 valence electrons. The number of carbonyl (C=O) groups is 1. The second-order valence-electron chi connectivity index (χ2n) is 7.03. The van der Waals surface area contributed by atoms with E-state index in [0.29, 0.717) is 21.2 Å². The Hall–Kier alpha value is -2.80. The highest BCUT2D eigenvalue weighted by atomic mass is 32.1. The van der Waals surface area contributed by atoms with Crippen molar-refractivity contribution in [3.8, 4) is 0 Å². The molecular formula is C21H20FN3O2S. The lowest BCUT2D eigenvalue weighted by Gasteiger charge is -2.23. The molecule has 4 rings (SSSR count). The Balaban J connectivity index is 1.53. The predicted octanol–water partition coefficient (Wildman–Crippen LogP) is 3.78. The van der Waals surface area contributed by atoms with E-state index in [1.165, 1.54) is 10.6 Å². The van der Waals surface area contributed by atoms with Gasteiger partial charge in [0.15, 0.2) is 4.77 Å². The van der Waals surface area contributed by atoms with Crippen molar-refractivity contribution in [1.29, 1.82) is 0 Å². The van der Waals surface area contributed by atoms with Crippen molar-refractivity contribution in [2.45, 2.75) is 38.4 Å². The van der Waals surface area contributed by atoms with E-state index < -0.39 is 0 Å². The van der Waals surface area contributed by atoms with Gasteiger partial charge in [-0.1, -0.05) is 30.3 Å². The number of hydrogen-bond donors (Lipinski definition) is 1. The van der Waals surface area contributed by atoms with Crippen LogP contribution in [0.2, 0.25) is 0 Å². The molecule has 28 heavy (non-hydrogen) atoms. The number of rotatable bonds is 6. The zero-order valence-corrected chi connectivity index (χ0v) is 16.0. The zero-order chi connectivity index (χ0) is 19.7. The lowest BCUT2D eigenvalue weighted by molar-refractivity contribution is -0.132. The van der Waals surface area contributed by atoms with E-state index >= 15 is 0 Å². The molecule has 0 spiro atoms. The fraction of sp³-hybridized carbons (Fsp3) is 0.286. The van der Waals surface area contributed by atoms with Crippen LogP contribution in [-0.2, 0) is 17.9 Å². The molecule has 1 aromatic heterocycles. The van der Waals surface area contributed by atoms with Crippen LogP contribution in [0.15, 0.2) is 53.3 Å². The third kappa shape index (κ3) is 3.75.